The predicted molar refractivity (Wildman–Crippen MR) is 125 cm³/mol. The fraction of sp³-hybridized carbons (Fsp3) is 0.522. The van der Waals surface area contributed by atoms with Crippen LogP contribution in [-0.2, 0) is 4.74 Å². The van der Waals surface area contributed by atoms with Crippen LogP contribution >= 0.6 is 11.3 Å². The third kappa shape index (κ3) is 4.55. The summed E-state index contributed by atoms with van der Waals surface area (Å²) in [5.41, 5.74) is 2.38. The molecule has 3 aromatic heterocycles. The third-order valence-corrected chi connectivity index (χ3v) is 7.83. The van der Waals surface area contributed by atoms with E-state index in [1.54, 1.807) is 12.4 Å². The molecule has 2 saturated heterocycles. The van der Waals surface area contributed by atoms with Crippen LogP contribution in [0.1, 0.15) is 43.6 Å². The maximum absolute atomic E-state index is 6.12. The second-order valence-electron chi connectivity index (χ2n) is 9.22. The maximum atomic E-state index is 6.12. The smallest absolute Gasteiger partial charge is 0.317 e. The van der Waals surface area contributed by atoms with Crippen LogP contribution < -0.4 is 15.4 Å². The molecule has 6 rings (SSSR count). The standard InChI is InChI=1S/C23H27N7O2S/c1-5-23(13-31-14-23)6-2-17(1)32-21-25-8-4-18(29-21)19-12-28-22(33-19)30-20-26-10-16(11-27-20)15-3-7-24-9-15/h4,8,10-12,15,17,24H,1-3,5-7,9,13-14H2,(H,26,27,28,30). The molecular formula is C23H27N7O2S. The van der Waals surface area contributed by atoms with Gasteiger partial charge < -0.3 is 20.1 Å². The molecular weight excluding hydrogens is 438 g/mol. The molecule has 1 atom stereocenters. The molecule has 0 amide bonds. The molecule has 10 heteroatoms. The lowest BCUT2D eigenvalue weighted by molar-refractivity contribution is -0.140. The van der Waals surface area contributed by atoms with Gasteiger partial charge in [-0.2, -0.15) is 4.98 Å². The van der Waals surface area contributed by atoms with E-state index in [0.29, 0.717) is 23.3 Å². The molecule has 2 N–H and O–H groups in total. The summed E-state index contributed by atoms with van der Waals surface area (Å²) >= 11 is 1.50. The number of thiazole rings is 1. The van der Waals surface area contributed by atoms with Gasteiger partial charge in [0.15, 0.2) is 5.13 Å². The highest BCUT2D eigenvalue weighted by atomic mass is 32.1. The Kier molecular flexibility index (Phi) is 5.65. The van der Waals surface area contributed by atoms with Crippen LogP contribution in [0.2, 0.25) is 0 Å². The zero-order valence-electron chi connectivity index (χ0n) is 18.4. The lowest BCUT2D eigenvalue weighted by Crippen LogP contribution is -2.46. The Balaban J connectivity index is 1.08. The van der Waals surface area contributed by atoms with Crippen molar-refractivity contribution in [3.8, 4) is 16.6 Å². The van der Waals surface area contributed by atoms with Crippen LogP contribution in [0.5, 0.6) is 6.01 Å². The molecule has 2 aliphatic heterocycles. The topological polar surface area (TPSA) is 107 Å². The Bertz CT molecular complexity index is 1090. The van der Waals surface area contributed by atoms with Gasteiger partial charge in [-0.05, 0) is 50.3 Å². The molecule has 9 nitrogen and oxygen atoms in total. The van der Waals surface area contributed by atoms with Crippen LogP contribution in [0.4, 0.5) is 11.1 Å². The van der Waals surface area contributed by atoms with Crippen LogP contribution in [0, 0.1) is 5.41 Å². The number of hydrogen-bond acceptors (Lipinski definition) is 10. The molecule has 33 heavy (non-hydrogen) atoms. The molecule has 0 radical (unpaired) electrons. The molecule has 1 saturated carbocycles. The van der Waals surface area contributed by atoms with Crippen molar-refractivity contribution in [2.45, 2.75) is 44.1 Å². The largest absolute Gasteiger partial charge is 0.460 e. The Hall–Kier alpha value is -2.69. The second-order valence-corrected chi connectivity index (χ2v) is 10.2. The molecule has 0 aromatic carbocycles. The number of ether oxygens (including phenoxy) is 2. The van der Waals surface area contributed by atoms with Gasteiger partial charge in [-0.3, -0.25) is 0 Å². The summed E-state index contributed by atoms with van der Waals surface area (Å²) < 4.78 is 11.5. The molecule has 3 fully saturated rings. The van der Waals surface area contributed by atoms with Crippen molar-refractivity contribution in [2.24, 2.45) is 5.41 Å². The number of anilines is 2. The van der Waals surface area contributed by atoms with Gasteiger partial charge in [0.05, 0.1) is 23.8 Å². The lowest BCUT2D eigenvalue weighted by Gasteiger charge is -2.45. The van der Waals surface area contributed by atoms with E-state index in [0.717, 1.165) is 74.1 Å². The van der Waals surface area contributed by atoms with E-state index >= 15 is 0 Å². The van der Waals surface area contributed by atoms with Gasteiger partial charge in [0.1, 0.15) is 6.10 Å². The van der Waals surface area contributed by atoms with Gasteiger partial charge >= 0.3 is 6.01 Å². The average Bonchev–Trinajstić information content (AvgIpc) is 3.52. The Labute approximate surface area is 196 Å². The fourth-order valence-corrected chi connectivity index (χ4v) is 5.56. The average molecular weight is 466 g/mol. The minimum Gasteiger partial charge on any atom is -0.460 e. The Morgan fingerprint density at radius 2 is 1.91 bits per heavy atom. The highest BCUT2D eigenvalue weighted by molar-refractivity contribution is 7.18. The van der Waals surface area contributed by atoms with Crippen LogP contribution in [0.15, 0.2) is 30.9 Å². The SMILES string of the molecule is c1cc(-c2cnc(Nc3ncc(C4CCNC4)cn3)s2)nc(OC2CCC3(CC2)COC3)n1. The summed E-state index contributed by atoms with van der Waals surface area (Å²) in [5, 5.41) is 7.29. The molecule has 3 aromatic rings. The lowest BCUT2D eigenvalue weighted by atomic mass is 9.72. The number of nitrogens with zero attached hydrogens (tertiary/aromatic N) is 5. The van der Waals surface area contributed by atoms with Gasteiger partial charge in [-0.1, -0.05) is 11.3 Å². The summed E-state index contributed by atoms with van der Waals surface area (Å²) in [6.45, 7) is 3.85. The van der Waals surface area contributed by atoms with E-state index in [-0.39, 0.29) is 6.10 Å². The van der Waals surface area contributed by atoms with Crippen molar-refractivity contribution in [2.75, 3.05) is 31.6 Å². The summed E-state index contributed by atoms with van der Waals surface area (Å²) in [5.74, 6) is 1.05. The molecule has 0 bridgehead atoms. The Morgan fingerprint density at radius 3 is 2.64 bits per heavy atom. The van der Waals surface area contributed by atoms with Crippen LogP contribution in [0.25, 0.3) is 10.6 Å². The van der Waals surface area contributed by atoms with Crippen LogP contribution in [0.3, 0.4) is 0 Å². The van der Waals surface area contributed by atoms with E-state index < -0.39 is 0 Å². The Morgan fingerprint density at radius 1 is 1.06 bits per heavy atom. The normalized spacial score (nSPS) is 22.2. The van der Waals surface area contributed by atoms with E-state index in [2.05, 4.69) is 35.6 Å². The first-order valence-electron chi connectivity index (χ1n) is 11.6. The highest BCUT2D eigenvalue weighted by Crippen LogP contribution is 2.43. The van der Waals surface area contributed by atoms with E-state index in [1.165, 1.54) is 16.9 Å². The molecule has 1 aliphatic carbocycles. The summed E-state index contributed by atoms with van der Waals surface area (Å²) in [6.07, 6.45) is 13.0. The summed E-state index contributed by atoms with van der Waals surface area (Å²) in [7, 11) is 0. The minimum atomic E-state index is 0.172. The van der Waals surface area contributed by atoms with E-state index in [9.17, 15) is 0 Å². The monoisotopic (exact) mass is 465 g/mol. The predicted octanol–water partition coefficient (Wildman–Crippen LogP) is 3.55. The van der Waals surface area contributed by atoms with Gasteiger partial charge in [0.2, 0.25) is 5.95 Å². The van der Waals surface area contributed by atoms with Gasteiger partial charge in [0.25, 0.3) is 0 Å². The maximum Gasteiger partial charge on any atom is 0.317 e. The molecule has 172 valence electrons. The molecule has 5 heterocycles. The van der Waals surface area contributed by atoms with Crippen molar-refractivity contribution in [3.05, 3.63) is 36.4 Å². The first-order valence-corrected chi connectivity index (χ1v) is 12.4. The number of rotatable bonds is 6. The highest BCUT2D eigenvalue weighted by Gasteiger charge is 2.42. The van der Waals surface area contributed by atoms with Crippen molar-refractivity contribution < 1.29 is 9.47 Å². The summed E-state index contributed by atoms with van der Waals surface area (Å²) in [4.78, 5) is 23.3. The fourth-order valence-electron chi connectivity index (χ4n) is 4.78. The first kappa shape index (κ1) is 20.9. The molecule has 1 unspecified atom stereocenters. The zero-order valence-corrected chi connectivity index (χ0v) is 19.2. The van der Waals surface area contributed by atoms with Crippen molar-refractivity contribution >= 4 is 22.4 Å². The number of nitrogens with one attached hydrogen (secondary N) is 2. The van der Waals surface area contributed by atoms with Crippen molar-refractivity contribution in [3.63, 3.8) is 0 Å². The van der Waals surface area contributed by atoms with Gasteiger partial charge in [-0.15, -0.1) is 0 Å². The molecule has 1 spiro atoms. The van der Waals surface area contributed by atoms with Crippen molar-refractivity contribution in [1.29, 1.82) is 0 Å². The van der Waals surface area contributed by atoms with E-state index in [4.69, 9.17) is 9.47 Å². The molecule has 3 aliphatic rings. The van der Waals surface area contributed by atoms with Crippen molar-refractivity contribution in [1.82, 2.24) is 30.2 Å². The van der Waals surface area contributed by atoms with Crippen LogP contribution in [-0.4, -0.2) is 57.3 Å². The minimum absolute atomic E-state index is 0.172. The number of aromatic nitrogens is 5. The van der Waals surface area contributed by atoms with E-state index in [1.807, 2.05) is 18.5 Å². The zero-order chi connectivity index (χ0) is 22.1. The first-order chi connectivity index (χ1) is 16.2. The second kappa shape index (κ2) is 8.92. The van der Waals surface area contributed by atoms with Gasteiger partial charge in [-0.25, -0.2) is 19.9 Å². The quantitative estimate of drug-likeness (QED) is 0.565. The number of hydrogen-bond donors (Lipinski definition) is 2. The summed E-state index contributed by atoms with van der Waals surface area (Å²) in [6, 6.07) is 2.31. The third-order valence-electron chi connectivity index (χ3n) is 6.90. The van der Waals surface area contributed by atoms with Gasteiger partial charge in [0, 0.05) is 42.7 Å².